The van der Waals surface area contributed by atoms with Gasteiger partial charge < -0.3 is 11.5 Å². The van der Waals surface area contributed by atoms with Gasteiger partial charge in [0.2, 0.25) is 0 Å². The van der Waals surface area contributed by atoms with Crippen LogP contribution >= 0.6 is 0 Å². The van der Waals surface area contributed by atoms with Crippen LogP contribution in [0, 0.1) is 0 Å². The summed E-state index contributed by atoms with van der Waals surface area (Å²) in [7, 11) is 0. The van der Waals surface area contributed by atoms with E-state index in [1.165, 1.54) is 11.1 Å². The fourth-order valence-corrected chi connectivity index (χ4v) is 3.11. The molecule has 2 heteroatoms. The lowest BCUT2D eigenvalue weighted by atomic mass is 9.83. The van der Waals surface area contributed by atoms with Crippen molar-refractivity contribution >= 4 is 11.4 Å². The molecule has 2 atom stereocenters. The molecule has 18 heavy (non-hydrogen) atoms. The van der Waals surface area contributed by atoms with Gasteiger partial charge in [-0.3, -0.25) is 0 Å². The largest absolute Gasteiger partial charge is 0.397 e. The molecule has 1 fully saturated rings. The molecular formula is C16H20N2. The third-order valence-corrected chi connectivity index (χ3v) is 4.15. The lowest BCUT2D eigenvalue weighted by Gasteiger charge is -2.22. The molecule has 0 radical (unpaired) electrons. The van der Waals surface area contributed by atoms with Gasteiger partial charge in [-0.1, -0.05) is 37.1 Å². The zero-order valence-electron chi connectivity index (χ0n) is 11.0. The average molecular weight is 240 g/mol. The Morgan fingerprint density at radius 3 is 1.61 bits per heavy atom. The van der Waals surface area contributed by atoms with Crippen molar-refractivity contribution in [2.24, 2.45) is 0 Å². The monoisotopic (exact) mass is 240 g/mol. The van der Waals surface area contributed by atoms with E-state index >= 15 is 0 Å². The van der Waals surface area contributed by atoms with Crippen LogP contribution in [0.25, 0.3) is 0 Å². The van der Waals surface area contributed by atoms with Crippen LogP contribution in [0.5, 0.6) is 0 Å². The molecule has 3 aliphatic carbocycles. The van der Waals surface area contributed by atoms with Crippen LogP contribution in [0.4, 0.5) is 11.4 Å². The highest BCUT2D eigenvalue weighted by atomic mass is 14.7. The van der Waals surface area contributed by atoms with Crippen molar-refractivity contribution in [3.63, 3.8) is 0 Å². The van der Waals surface area contributed by atoms with Gasteiger partial charge in [-0.05, 0) is 47.9 Å². The third kappa shape index (κ3) is 1.72. The number of nitrogens with two attached hydrogens (primary N) is 2. The molecule has 1 aromatic carbocycles. The standard InChI is InChI=1S/C16H20N2/c1-9-3-11-5-12(6-11)4-10(2)14-8-16(18)15(17)7-13(9)14/h3-4,7-10H,5-6,17-18H2,1-2H3. The highest BCUT2D eigenvalue weighted by Crippen LogP contribution is 2.42. The van der Waals surface area contributed by atoms with E-state index < -0.39 is 0 Å². The Labute approximate surface area is 108 Å². The van der Waals surface area contributed by atoms with Gasteiger partial charge in [0.1, 0.15) is 0 Å². The van der Waals surface area contributed by atoms with E-state index in [0.29, 0.717) is 23.2 Å². The van der Waals surface area contributed by atoms with Crippen LogP contribution in [0.2, 0.25) is 0 Å². The Hall–Kier alpha value is -1.70. The van der Waals surface area contributed by atoms with E-state index in [0.717, 1.165) is 12.8 Å². The SMILES string of the molecule is CC1C=C2CC(=CC(C)c3cc(N)c(N)cc31)C2. The van der Waals surface area contributed by atoms with Crippen molar-refractivity contribution in [2.45, 2.75) is 38.5 Å². The van der Waals surface area contributed by atoms with E-state index in [2.05, 4.69) is 38.1 Å². The quantitative estimate of drug-likeness (QED) is 0.536. The predicted molar refractivity (Wildman–Crippen MR) is 77.5 cm³/mol. The normalized spacial score (nSPS) is 25.9. The maximum atomic E-state index is 5.96. The molecule has 0 heterocycles. The molecule has 94 valence electrons. The number of benzene rings is 1. The molecule has 0 spiro atoms. The van der Waals surface area contributed by atoms with Gasteiger partial charge in [0.15, 0.2) is 0 Å². The first kappa shape index (κ1) is 11.4. The van der Waals surface area contributed by atoms with Crippen molar-refractivity contribution in [3.8, 4) is 0 Å². The minimum absolute atomic E-state index is 0.424. The third-order valence-electron chi connectivity index (χ3n) is 4.15. The molecule has 1 aromatic rings. The second kappa shape index (κ2) is 3.91. The van der Waals surface area contributed by atoms with Gasteiger partial charge in [0.25, 0.3) is 0 Å². The molecule has 2 unspecified atom stereocenters. The summed E-state index contributed by atoms with van der Waals surface area (Å²) < 4.78 is 0. The van der Waals surface area contributed by atoms with Crippen LogP contribution in [-0.4, -0.2) is 0 Å². The minimum atomic E-state index is 0.424. The fourth-order valence-electron chi connectivity index (χ4n) is 3.11. The van der Waals surface area contributed by atoms with E-state index in [1.807, 2.05) is 0 Å². The predicted octanol–water partition coefficient (Wildman–Crippen LogP) is 3.72. The van der Waals surface area contributed by atoms with Crippen LogP contribution in [-0.2, 0) is 0 Å². The first-order valence-electron chi connectivity index (χ1n) is 6.62. The number of allylic oxidation sites excluding steroid dienone is 4. The maximum absolute atomic E-state index is 5.96. The van der Waals surface area contributed by atoms with Crippen molar-refractivity contribution in [3.05, 3.63) is 46.6 Å². The molecule has 0 aromatic heterocycles. The molecule has 1 saturated carbocycles. The highest BCUT2D eigenvalue weighted by Gasteiger charge is 2.23. The lowest BCUT2D eigenvalue weighted by Crippen LogP contribution is -2.04. The number of hydrogen-bond acceptors (Lipinski definition) is 2. The number of fused-ring (bicyclic) bond motifs is 2. The number of anilines is 2. The second-order valence-electron chi connectivity index (χ2n) is 5.69. The first-order valence-corrected chi connectivity index (χ1v) is 6.62. The van der Waals surface area contributed by atoms with Crippen molar-refractivity contribution in [2.75, 3.05) is 11.5 Å². The van der Waals surface area contributed by atoms with Crippen molar-refractivity contribution < 1.29 is 0 Å². The number of hydrogen-bond donors (Lipinski definition) is 2. The van der Waals surface area contributed by atoms with E-state index in [9.17, 15) is 0 Å². The van der Waals surface area contributed by atoms with Gasteiger partial charge in [-0.25, -0.2) is 0 Å². The Morgan fingerprint density at radius 2 is 1.22 bits per heavy atom. The zero-order valence-corrected chi connectivity index (χ0v) is 11.0. The zero-order chi connectivity index (χ0) is 12.9. The topological polar surface area (TPSA) is 52.0 Å². The van der Waals surface area contributed by atoms with E-state index in [1.54, 1.807) is 11.1 Å². The summed E-state index contributed by atoms with van der Waals surface area (Å²) in [5, 5.41) is 0. The van der Waals surface area contributed by atoms with Crippen LogP contribution in [0.15, 0.2) is 35.4 Å². The minimum Gasteiger partial charge on any atom is -0.397 e. The Bertz CT molecular complexity index is 508. The van der Waals surface area contributed by atoms with Crippen molar-refractivity contribution in [1.29, 1.82) is 0 Å². The molecule has 0 amide bonds. The van der Waals surface area contributed by atoms with Crippen molar-refractivity contribution in [1.82, 2.24) is 0 Å². The van der Waals surface area contributed by atoms with Gasteiger partial charge in [0, 0.05) is 0 Å². The molecule has 0 saturated heterocycles. The summed E-state index contributed by atoms with van der Waals surface area (Å²) in [6.07, 6.45) is 7.11. The summed E-state index contributed by atoms with van der Waals surface area (Å²) in [6, 6.07) is 4.12. The highest BCUT2D eigenvalue weighted by molar-refractivity contribution is 5.67. The first-order chi connectivity index (χ1) is 8.54. The molecule has 2 bridgehead atoms. The summed E-state index contributed by atoms with van der Waals surface area (Å²) >= 11 is 0. The molecule has 3 aliphatic rings. The molecule has 4 N–H and O–H groups in total. The molecular weight excluding hydrogens is 220 g/mol. The summed E-state index contributed by atoms with van der Waals surface area (Å²) in [5.41, 5.74) is 19.1. The molecule has 2 nitrogen and oxygen atoms in total. The number of rotatable bonds is 0. The fraction of sp³-hybridized carbons (Fsp3) is 0.375. The van der Waals surface area contributed by atoms with Crippen LogP contribution in [0.1, 0.15) is 49.7 Å². The van der Waals surface area contributed by atoms with Gasteiger partial charge >= 0.3 is 0 Å². The van der Waals surface area contributed by atoms with Crippen LogP contribution in [0.3, 0.4) is 0 Å². The van der Waals surface area contributed by atoms with E-state index in [-0.39, 0.29) is 0 Å². The smallest absolute Gasteiger partial charge is 0.0550 e. The second-order valence-corrected chi connectivity index (χ2v) is 5.69. The van der Waals surface area contributed by atoms with Crippen LogP contribution < -0.4 is 11.5 Å². The maximum Gasteiger partial charge on any atom is 0.0550 e. The Morgan fingerprint density at radius 1 is 0.833 bits per heavy atom. The average Bonchev–Trinajstić information content (AvgIpc) is 2.34. The van der Waals surface area contributed by atoms with Gasteiger partial charge in [-0.2, -0.15) is 0 Å². The Balaban J connectivity index is 2.19. The lowest BCUT2D eigenvalue weighted by molar-refractivity contribution is 0.818. The summed E-state index contributed by atoms with van der Waals surface area (Å²) in [5.74, 6) is 0.849. The summed E-state index contributed by atoms with van der Waals surface area (Å²) in [6.45, 7) is 4.50. The van der Waals surface area contributed by atoms with Gasteiger partial charge in [-0.15, -0.1) is 0 Å². The van der Waals surface area contributed by atoms with Gasteiger partial charge in [0.05, 0.1) is 11.4 Å². The Kier molecular flexibility index (Phi) is 2.47. The molecule has 0 aliphatic heterocycles. The summed E-state index contributed by atoms with van der Waals surface area (Å²) in [4.78, 5) is 0. The molecule has 4 rings (SSSR count). The number of nitrogen functional groups attached to an aromatic ring is 2. The van der Waals surface area contributed by atoms with E-state index in [4.69, 9.17) is 11.5 Å².